The van der Waals surface area contributed by atoms with Crippen LogP contribution in [0.25, 0.3) is 11.5 Å². The minimum absolute atomic E-state index is 0.0240. The van der Waals surface area contributed by atoms with Crippen molar-refractivity contribution in [2.75, 3.05) is 5.32 Å². The molecule has 2 heterocycles. The number of thiophene rings is 1. The molecule has 7 heteroatoms. The number of nitrogens with zero attached hydrogens (tertiary/aromatic N) is 2. The Bertz CT molecular complexity index is 738. The number of hydrogen-bond acceptors (Lipinski definition) is 5. The molecule has 0 bridgehead atoms. The van der Waals surface area contributed by atoms with Gasteiger partial charge in [-0.15, -0.1) is 16.4 Å². The van der Waals surface area contributed by atoms with Crippen LogP contribution in [0.5, 0.6) is 0 Å². The van der Waals surface area contributed by atoms with E-state index in [1.807, 2.05) is 17.5 Å². The molecule has 1 amide bonds. The molecule has 3 aromatic rings. The third-order valence-corrected chi connectivity index (χ3v) is 3.55. The molecular weight excluding hydrogens is 293 g/mol. The fraction of sp³-hybridized carbons (Fsp3) is 0.0714. The molecule has 0 saturated carbocycles. The second-order valence-corrected chi connectivity index (χ2v) is 5.26. The maximum Gasteiger partial charge on any atom is 0.322 e. The van der Waals surface area contributed by atoms with Crippen molar-refractivity contribution in [2.24, 2.45) is 0 Å². The predicted molar refractivity (Wildman–Crippen MR) is 76.3 cm³/mol. The summed E-state index contributed by atoms with van der Waals surface area (Å²) in [4.78, 5) is 12.7. The van der Waals surface area contributed by atoms with Crippen molar-refractivity contribution in [2.45, 2.75) is 6.42 Å². The molecule has 21 heavy (non-hydrogen) atoms. The van der Waals surface area contributed by atoms with Crippen molar-refractivity contribution in [3.8, 4) is 11.5 Å². The van der Waals surface area contributed by atoms with E-state index in [-0.39, 0.29) is 30.1 Å². The van der Waals surface area contributed by atoms with Gasteiger partial charge in [-0.2, -0.15) is 0 Å². The van der Waals surface area contributed by atoms with E-state index in [0.29, 0.717) is 5.56 Å². The quantitative estimate of drug-likeness (QED) is 0.804. The summed E-state index contributed by atoms with van der Waals surface area (Å²) in [5.41, 5.74) is 0.586. The minimum atomic E-state index is -0.345. The number of hydrogen-bond donors (Lipinski definition) is 1. The summed E-state index contributed by atoms with van der Waals surface area (Å²) in [6.07, 6.45) is 0.256. The maximum absolute atomic E-state index is 12.8. The molecule has 0 saturated heterocycles. The van der Waals surface area contributed by atoms with Crippen LogP contribution in [-0.2, 0) is 11.2 Å². The average Bonchev–Trinajstić information content (AvgIpc) is 3.11. The zero-order valence-electron chi connectivity index (χ0n) is 10.7. The SMILES string of the molecule is O=C(Cc1cccs1)Nc1nnc(-c2ccc(F)cc2)o1. The first kappa shape index (κ1) is 13.4. The number of carbonyl (C=O) groups is 1. The van der Waals surface area contributed by atoms with Gasteiger partial charge in [-0.25, -0.2) is 4.39 Å². The second kappa shape index (κ2) is 5.84. The summed E-state index contributed by atoms with van der Waals surface area (Å²) in [5, 5.41) is 12.0. The van der Waals surface area contributed by atoms with Crippen LogP contribution >= 0.6 is 11.3 Å². The summed E-state index contributed by atoms with van der Waals surface area (Å²) in [6, 6.07) is 9.44. The molecule has 106 valence electrons. The van der Waals surface area contributed by atoms with Crippen LogP contribution in [0.2, 0.25) is 0 Å². The van der Waals surface area contributed by atoms with Gasteiger partial charge in [0.1, 0.15) is 5.82 Å². The van der Waals surface area contributed by atoms with Gasteiger partial charge >= 0.3 is 6.01 Å². The Morgan fingerprint density at radius 2 is 2.05 bits per heavy atom. The number of halogens is 1. The lowest BCUT2D eigenvalue weighted by molar-refractivity contribution is -0.115. The number of anilines is 1. The van der Waals surface area contributed by atoms with Crippen LogP contribution < -0.4 is 5.32 Å². The number of aromatic nitrogens is 2. The number of carbonyl (C=O) groups excluding carboxylic acids is 1. The average molecular weight is 303 g/mol. The van der Waals surface area contributed by atoms with Crippen molar-refractivity contribution in [3.63, 3.8) is 0 Å². The van der Waals surface area contributed by atoms with Crippen LogP contribution in [0.1, 0.15) is 4.88 Å². The first-order chi connectivity index (χ1) is 10.2. The molecule has 0 aliphatic carbocycles. The van der Waals surface area contributed by atoms with Crippen LogP contribution in [0.15, 0.2) is 46.2 Å². The van der Waals surface area contributed by atoms with E-state index in [1.165, 1.54) is 35.6 Å². The van der Waals surface area contributed by atoms with Gasteiger partial charge < -0.3 is 4.42 Å². The third kappa shape index (κ3) is 3.32. The van der Waals surface area contributed by atoms with Crippen molar-refractivity contribution in [1.82, 2.24) is 10.2 Å². The highest BCUT2D eigenvalue weighted by Crippen LogP contribution is 2.20. The predicted octanol–water partition coefficient (Wildman–Crippen LogP) is 3.12. The van der Waals surface area contributed by atoms with Gasteiger partial charge in [0.15, 0.2) is 0 Å². The molecular formula is C14H10FN3O2S. The van der Waals surface area contributed by atoms with E-state index in [0.717, 1.165) is 4.88 Å². The van der Waals surface area contributed by atoms with Gasteiger partial charge in [-0.3, -0.25) is 10.1 Å². The Morgan fingerprint density at radius 3 is 2.76 bits per heavy atom. The van der Waals surface area contributed by atoms with E-state index in [9.17, 15) is 9.18 Å². The molecule has 2 aromatic heterocycles. The molecule has 0 spiro atoms. The van der Waals surface area contributed by atoms with E-state index in [2.05, 4.69) is 15.5 Å². The molecule has 0 radical (unpaired) electrons. The number of amides is 1. The monoisotopic (exact) mass is 303 g/mol. The van der Waals surface area contributed by atoms with E-state index >= 15 is 0 Å². The zero-order valence-corrected chi connectivity index (χ0v) is 11.6. The number of benzene rings is 1. The molecule has 1 aromatic carbocycles. The number of nitrogens with one attached hydrogen (secondary N) is 1. The molecule has 1 N–H and O–H groups in total. The lowest BCUT2D eigenvalue weighted by atomic mass is 10.2. The normalized spacial score (nSPS) is 10.5. The number of rotatable bonds is 4. The molecule has 0 atom stereocenters. The highest BCUT2D eigenvalue weighted by molar-refractivity contribution is 7.10. The summed E-state index contributed by atoms with van der Waals surface area (Å²) in [7, 11) is 0. The molecule has 5 nitrogen and oxygen atoms in total. The maximum atomic E-state index is 12.8. The van der Waals surface area contributed by atoms with Gasteiger partial charge in [-0.05, 0) is 35.7 Å². The van der Waals surface area contributed by atoms with Crippen LogP contribution in [0, 0.1) is 5.82 Å². The largest absolute Gasteiger partial charge is 0.403 e. The standard InChI is InChI=1S/C14H10FN3O2S/c15-10-5-3-9(4-6-10)13-17-18-14(20-13)16-12(19)8-11-2-1-7-21-11/h1-7H,8H2,(H,16,18,19). The van der Waals surface area contributed by atoms with Gasteiger partial charge in [0.05, 0.1) is 6.42 Å². The Hall–Kier alpha value is -2.54. The summed E-state index contributed by atoms with van der Waals surface area (Å²) in [5.74, 6) is -0.351. The van der Waals surface area contributed by atoms with E-state index in [1.54, 1.807) is 0 Å². The van der Waals surface area contributed by atoms with Gasteiger partial charge in [-0.1, -0.05) is 11.2 Å². The van der Waals surface area contributed by atoms with Crippen molar-refractivity contribution < 1.29 is 13.6 Å². The Labute approximate surface area is 123 Å². The Morgan fingerprint density at radius 1 is 1.24 bits per heavy atom. The molecule has 0 aliphatic rings. The van der Waals surface area contributed by atoms with Crippen molar-refractivity contribution in [1.29, 1.82) is 0 Å². The third-order valence-electron chi connectivity index (χ3n) is 2.68. The van der Waals surface area contributed by atoms with E-state index < -0.39 is 0 Å². The molecule has 0 unspecified atom stereocenters. The van der Waals surface area contributed by atoms with Gasteiger partial charge in [0.2, 0.25) is 11.8 Å². The smallest absolute Gasteiger partial charge is 0.322 e. The summed E-state index contributed by atoms with van der Waals surface area (Å²) < 4.78 is 18.2. The lowest BCUT2D eigenvalue weighted by Crippen LogP contribution is -2.13. The van der Waals surface area contributed by atoms with Crippen LogP contribution in [0.3, 0.4) is 0 Å². The Balaban J connectivity index is 1.67. The molecule has 0 fully saturated rings. The fourth-order valence-electron chi connectivity index (χ4n) is 1.72. The molecule has 0 aliphatic heterocycles. The van der Waals surface area contributed by atoms with Crippen molar-refractivity contribution >= 4 is 23.3 Å². The highest BCUT2D eigenvalue weighted by Gasteiger charge is 2.12. The second-order valence-electron chi connectivity index (χ2n) is 4.22. The molecule has 3 rings (SSSR count). The Kier molecular flexibility index (Phi) is 3.74. The van der Waals surface area contributed by atoms with Gasteiger partial charge in [0, 0.05) is 10.4 Å². The lowest BCUT2D eigenvalue weighted by Gasteiger charge is -1.98. The van der Waals surface area contributed by atoms with E-state index in [4.69, 9.17) is 4.42 Å². The van der Waals surface area contributed by atoms with Crippen molar-refractivity contribution in [3.05, 3.63) is 52.5 Å². The minimum Gasteiger partial charge on any atom is -0.403 e. The summed E-state index contributed by atoms with van der Waals surface area (Å²) >= 11 is 1.50. The zero-order chi connectivity index (χ0) is 14.7. The first-order valence-corrected chi connectivity index (χ1v) is 7.00. The summed E-state index contributed by atoms with van der Waals surface area (Å²) in [6.45, 7) is 0. The first-order valence-electron chi connectivity index (χ1n) is 6.12. The topological polar surface area (TPSA) is 68.0 Å². The van der Waals surface area contributed by atoms with Gasteiger partial charge in [0.25, 0.3) is 0 Å². The highest BCUT2D eigenvalue weighted by atomic mass is 32.1. The fourth-order valence-corrected chi connectivity index (χ4v) is 2.42. The van der Waals surface area contributed by atoms with Crippen LogP contribution in [0.4, 0.5) is 10.4 Å². The van der Waals surface area contributed by atoms with Crippen LogP contribution in [-0.4, -0.2) is 16.1 Å².